The van der Waals surface area contributed by atoms with E-state index in [4.69, 9.17) is 9.26 Å². The van der Waals surface area contributed by atoms with Gasteiger partial charge in [-0.1, -0.05) is 50.2 Å². The molecule has 0 aliphatic carbocycles. The standard InChI is InChI=1S/C25H24N2O5/c1-25(2,3)23(29)20-21(16-7-11-18(31-4)12-8-16)27(24(30)22(20)28)17-9-5-15(6-10-17)19-13-14-32-26-19/h5-14,20-21H,1-4H3. The van der Waals surface area contributed by atoms with Gasteiger partial charge in [0.2, 0.25) is 5.78 Å². The first-order valence-corrected chi connectivity index (χ1v) is 10.3. The Hall–Kier alpha value is -3.74. The Kier molecular flexibility index (Phi) is 5.42. The molecule has 2 heterocycles. The van der Waals surface area contributed by atoms with E-state index in [1.165, 1.54) is 11.2 Å². The average Bonchev–Trinajstić information content (AvgIpc) is 3.40. The predicted octanol–water partition coefficient (Wildman–Crippen LogP) is 4.24. The van der Waals surface area contributed by atoms with Crippen LogP contribution in [0, 0.1) is 11.3 Å². The third-order valence-electron chi connectivity index (χ3n) is 5.66. The lowest BCUT2D eigenvalue weighted by Crippen LogP contribution is -2.35. The Labute approximate surface area is 186 Å². The molecule has 2 aromatic carbocycles. The Morgan fingerprint density at radius 3 is 2.19 bits per heavy atom. The van der Waals surface area contributed by atoms with E-state index in [9.17, 15) is 14.4 Å². The number of hydrogen-bond acceptors (Lipinski definition) is 6. The number of methoxy groups -OCH3 is 1. The number of carbonyl (C=O) groups excluding carboxylic acids is 3. The number of nitrogens with zero attached hydrogens (tertiary/aromatic N) is 2. The number of benzene rings is 2. The zero-order chi connectivity index (χ0) is 23.0. The second kappa shape index (κ2) is 8.07. The van der Waals surface area contributed by atoms with Crippen LogP contribution in [-0.4, -0.2) is 29.7 Å². The van der Waals surface area contributed by atoms with Crippen LogP contribution < -0.4 is 9.64 Å². The molecule has 1 saturated heterocycles. The van der Waals surface area contributed by atoms with E-state index >= 15 is 0 Å². The molecule has 0 saturated carbocycles. The van der Waals surface area contributed by atoms with Crippen molar-refractivity contribution < 1.29 is 23.6 Å². The van der Waals surface area contributed by atoms with Crippen molar-refractivity contribution >= 4 is 23.2 Å². The maximum atomic E-state index is 13.3. The van der Waals surface area contributed by atoms with Crippen LogP contribution >= 0.6 is 0 Å². The Bertz CT molecular complexity index is 1140. The highest BCUT2D eigenvalue weighted by Gasteiger charge is 2.54. The molecule has 1 amide bonds. The molecule has 2 unspecified atom stereocenters. The molecular weight excluding hydrogens is 408 g/mol. The number of amides is 1. The molecule has 1 aliphatic rings. The van der Waals surface area contributed by atoms with Crippen molar-refractivity contribution in [2.24, 2.45) is 11.3 Å². The van der Waals surface area contributed by atoms with Crippen molar-refractivity contribution in [3.63, 3.8) is 0 Å². The van der Waals surface area contributed by atoms with Crippen LogP contribution in [0.2, 0.25) is 0 Å². The molecule has 1 aromatic heterocycles. The lowest BCUT2D eigenvalue weighted by atomic mass is 9.77. The Morgan fingerprint density at radius 1 is 1.00 bits per heavy atom. The van der Waals surface area contributed by atoms with Gasteiger partial charge in [0.25, 0.3) is 5.91 Å². The highest BCUT2D eigenvalue weighted by molar-refractivity contribution is 6.48. The zero-order valence-corrected chi connectivity index (χ0v) is 18.4. The summed E-state index contributed by atoms with van der Waals surface area (Å²) in [5, 5.41) is 3.92. The van der Waals surface area contributed by atoms with E-state index in [1.807, 2.05) is 0 Å². The lowest BCUT2D eigenvalue weighted by Gasteiger charge is -2.30. The second-order valence-electron chi connectivity index (χ2n) is 8.78. The minimum absolute atomic E-state index is 0.265. The van der Waals surface area contributed by atoms with Gasteiger partial charge in [0.05, 0.1) is 13.2 Å². The quantitative estimate of drug-likeness (QED) is 0.443. The summed E-state index contributed by atoms with van der Waals surface area (Å²) in [7, 11) is 1.56. The maximum absolute atomic E-state index is 13.3. The van der Waals surface area contributed by atoms with E-state index in [0.29, 0.717) is 22.7 Å². The highest BCUT2D eigenvalue weighted by Crippen LogP contribution is 2.43. The molecule has 3 aromatic rings. The molecule has 4 rings (SSSR count). The van der Waals surface area contributed by atoms with E-state index in [1.54, 1.807) is 82.5 Å². The maximum Gasteiger partial charge on any atom is 0.295 e. The van der Waals surface area contributed by atoms with Crippen LogP contribution in [0.4, 0.5) is 5.69 Å². The minimum Gasteiger partial charge on any atom is -0.497 e. The third-order valence-corrected chi connectivity index (χ3v) is 5.66. The van der Waals surface area contributed by atoms with Crippen molar-refractivity contribution in [1.29, 1.82) is 0 Å². The second-order valence-corrected chi connectivity index (χ2v) is 8.78. The summed E-state index contributed by atoms with van der Waals surface area (Å²) < 4.78 is 10.1. The summed E-state index contributed by atoms with van der Waals surface area (Å²) in [4.78, 5) is 40.9. The van der Waals surface area contributed by atoms with Gasteiger partial charge in [-0.15, -0.1) is 0 Å². The van der Waals surface area contributed by atoms with Gasteiger partial charge in [0.15, 0.2) is 5.78 Å². The van der Waals surface area contributed by atoms with Gasteiger partial charge in [-0.3, -0.25) is 19.3 Å². The first kappa shape index (κ1) is 21.5. The molecule has 0 spiro atoms. The third kappa shape index (κ3) is 3.70. The first-order chi connectivity index (χ1) is 15.2. The minimum atomic E-state index is -1.09. The fourth-order valence-corrected chi connectivity index (χ4v) is 3.97. The molecule has 0 radical (unpaired) electrons. The van der Waals surface area contributed by atoms with Gasteiger partial charge >= 0.3 is 0 Å². The van der Waals surface area contributed by atoms with Gasteiger partial charge in [-0.25, -0.2) is 0 Å². The summed E-state index contributed by atoms with van der Waals surface area (Å²) in [6.07, 6.45) is 1.48. The predicted molar refractivity (Wildman–Crippen MR) is 118 cm³/mol. The lowest BCUT2D eigenvalue weighted by molar-refractivity contribution is -0.141. The number of rotatable bonds is 5. The van der Waals surface area contributed by atoms with E-state index in [0.717, 1.165) is 5.56 Å². The monoisotopic (exact) mass is 432 g/mol. The summed E-state index contributed by atoms with van der Waals surface area (Å²) in [5.74, 6) is -2.09. The zero-order valence-electron chi connectivity index (χ0n) is 18.4. The summed E-state index contributed by atoms with van der Waals surface area (Å²) in [6, 6.07) is 15.2. The van der Waals surface area contributed by atoms with E-state index in [-0.39, 0.29) is 5.78 Å². The van der Waals surface area contributed by atoms with Crippen molar-refractivity contribution in [2.45, 2.75) is 26.8 Å². The summed E-state index contributed by atoms with van der Waals surface area (Å²) in [5.41, 5.74) is 1.91. The van der Waals surface area contributed by atoms with Crippen molar-refractivity contribution in [3.05, 3.63) is 66.4 Å². The van der Waals surface area contributed by atoms with Gasteiger partial charge < -0.3 is 9.26 Å². The summed E-state index contributed by atoms with van der Waals surface area (Å²) in [6.45, 7) is 5.27. The molecule has 32 heavy (non-hydrogen) atoms. The molecule has 1 fully saturated rings. The largest absolute Gasteiger partial charge is 0.497 e. The Balaban J connectivity index is 1.80. The normalized spacial score (nSPS) is 18.8. The van der Waals surface area contributed by atoms with Crippen LogP contribution in [0.15, 0.2) is 65.4 Å². The van der Waals surface area contributed by atoms with Gasteiger partial charge in [0, 0.05) is 22.7 Å². The molecule has 2 atom stereocenters. The number of ketones is 2. The molecular formula is C25H24N2O5. The van der Waals surface area contributed by atoms with Gasteiger partial charge in [-0.05, 0) is 29.8 Å². The fraction of sp³-hybridized carbons (Fsp3) is 0.280. The number of hydrogen-bond donors (Lipinski definition) is 0. The Morgan fingerprint density at radius 2 is 1.66 bits per heavy atom. The number of anilines is 1. The van der Waals surface area contributed by atoms with Crippen LogP contribution in [-0.2, 0) is 14.4 Å². The van der Waals surface area contributed by atoms with Crippen molar-refractivity contribution in [2.75, 3.05) is 12.0 Å². The molecule has 0 bridgehead atoms. The average molecular weight is 432 g/mol. The first-order valence-electron chi connectivity index (χ1n) is 10.3. The van der Waals surface area contributed by atoms with Crippen LogP contribution in [0.3, 0.4) is 0 Å². The number of Topliss-reactive ketones (excluding diaryl/α,β-unsaturated/α-hetero) is 2. The van der Waals surface area contributed by atoms with Gasteiger partial charge in [-0.2, -0.15) is 0 Å². The molecule has 1 aliphatic heterocycles. The molecule has 7 heteroatoms. The number of aromatic nitrogens is 1. The smallest absolute Gasteiger partial charge is 0.295 e. The van der Waals surface area contributed by atoms with E-state index in [2.05, 4.69) is 5.16 Å². The fourth-order valence-electron chi connectivity index (χ4n) is 3.97. The van der Waals surface area contributed by atoms with E-state index < -0.39 is 29.1 Å². The number of ether oxygens (including phenoxy) is 1. The molecule has 164 valence electrons. The topological polar surface area (TPSA) is 89.7 Å². The number of carbonyl (C=O) groups is 3. The van der Waals surface area contributed by atoms with Crippen LogP contribution in [0.25, 0.3) is 11.3 Å². The molecule has 7 nitrogen and oxygen atoms in total. The van der Waals surface area contributed by atoms with Crippen molar-refractivity contribution in [3.8, 4) is 17.0 Å². The van der Waals surface area contributed by atoms with Crippen LogP contribution in [0.1, 0.15) is 32.4 Å². The summed E-state index contributed by atoms with van der Waals surface area (Å²) >= 11 is 0. The van der Waals surface area contributed by atoms with Crippen molar-refractivity contribution in [1.82, 2.24) is 5.16 Å². The van der Waals surface area contributed by atoms with Crippen LogP contribution in [0.5, 0.6) is 5.75 Å². The highest BCUT2D eigenvalue weighted by atomic mass is 16.5. The SMILES string of the molecule is COc1ccc(C2C(C(=O)C(C)(C)C)C(=O)C(=O)N2c2ccc(-c3ccon3)cc2)cc1. The van der Waals surface area contributed by atoms with Gasteiger partial charge in [0.1, 0.15) is 23.6 Å². The molecule has 0 N–H and O–H groups in total.